The van der Waals surface area contributed by atoms with E-state index in [0.29, 0.717) is 12.5 Å². The molecule has 0 radical (unpaired) electrons. The average molecular weight is 371 g/mol. The Morgan fingerprint density at radius 2 is 1.88 bits per heavy atom. The number of benzene rings is 1. The van der Waals surface area contributed by atoms with Crippen LogP contribution in [0.1, 0.15) is 22.7 Å². The smallest absolute Gasteiger partial charge is 0.0967 e. The predicted octanol–water partition coefficient (Wildman–Crippen LogP) is 2.07. The van der Waals surface area contributed by atoms with Gasteiger partial charge in [0.25, 0.3) is 0 Å². The third-order valence-corrected chi connectivity index (χ3v) is 4.71. The maximum atomic E-state index is 6.37. The molecule has 0 saturated carbocycles. The third kappa shape index (κ3) is 4.27. The molecular weight excluding hydrogens is 348 g/mol. The molecule has 1 fully saturated rings. The third-order valence-electron chi connectivity index (χ3n) is 4.71. The van der Waals surface area contributed by atoms with E-state index in [1.165, 1.54) is 5.56 Å². The summed E-state index contributed by atoms with van der Waals surface area (Å²) in [7, 11) is 0. The summed E-state index contributed by atoms with van der Waals surface area (Å²) < 4.78 is 1.86. The van der Waals surface area contributed by atoms with E-state index in [0.717, 1.165) is 30.9 Å². The molecule has 0 aliphatic carbocycles. The number of likely N-dealkylation sites (tertiary alicyclic amines) is 1. The van der Waals surface area contributed by atoms with Crippen molar-refractivity contribution in [3.8, 4) is 0 Å². The van der Waals surface area contributed by atoms with Crippen molar-refractivity contribution in [1.29, 1.82) is 0 Å². The quantitative estimate of drug-likeness (QED) is 0.744. The van der Waals surface area contributed by atoms with Gasteiger partial charge in [-0.15, -0.1) is 17.5 Å². The Hall–Kier alpha value is -2.28. The zero-order valence-electron chi connectivity index (χ0n) is 14.5. The van der Waals surface area contributed by atoms with Gasteiger partial charge in [0.1, 0.15) is 0 Å². The Morgan fingerprint density at radius 1 is 1.04 bits per heavy atom. The van der Waals surface area contributed by atoms with Gasteiger partial charge in [0, 0.05) is 44.0 Å². The second-order valence-corrected chi connectivity index (χ2v) is 6.64. The number of nitrogens with two attached hydrogens (primary N) is 1. The number of halogens is 1. The number of nitrogens with zero attached hydrogens (tertiary/aromatic N) is 5. The molecule has 3 heterocycles. The van der Waals surface area contributed by atoms with Crippen LogP contribution in [0.5, 0.6) is 0 Å². The molecule has 6 nitrogen and oxygen atoms in total. The number of rotatable bonds is 5. The van der Waals surface area contributed by atoms with E-state index in [4.69, 9.17) is 5.73 Å². The van der Waals surface area contributed by atoms with Gasteiger partial charge in [-0.1, -0.05) is 41.6 Å². The molecule has 2 N–H and O–H groups in total. The van der Waals surface area contributed by atoms with Gasteiger partial charge in [-0.3, -0.25) is 9.88 Å². The van der Waals surface area contributed by atoms with Crippen molar-refractivity contribution in [1.82, 2.24) is 24.9 Å². The first-order valence-corrected chi connectivity index (χ1v) is 8.59. The monoisotopic (exact) mass is 370 g/mol. The van der Waals surface area contributed by atoms with Crippen molar-refractivity contribution in [2.24, 2.45) is 5.73 Å². The highest BCUT2D eigenvalue weighted by Crippen LogP contribution is 2.27. The molecule has 3 aromatic rings. The van der Waals surface area contributed by atoms with E-state index >= 15 is 0 Å². The molecule has 0 bridgehead atoms. The van der Waals surface area contributed by atoms with Gasteiger partial charge in [0.05, 0.1) is 18.4 Å². The fourth-order valence-electron chi connectivity index (χ4n) is 3.49. The Bertz CT molecular complexity index is 807. The molecule has 26 heavy (non-hydrogen) atoms. The molecule has 2 aromatic heterocycles. The predicted molar refractivity (Wildman–Crippen MR) is 103 cm³/mol. The summed E-state index contributed by atoms with van der Waals surface area (Å²) in [4.78, 5) is 6.49. The molecule has 136 valence electrons. The number of hydrogen-bond donors (Lipinski definition) is 1. The van der Waals surface area contributed by atoms with Crippen LogP contribution in [0.2, 0.25) is 0 Å². The van der Waals surface area contributed by atoms with E-state index in [2.05, 4.69) is 44.5 Å². The van der Waals surface area contributed by atoms with Crippen LogP contribution in [-0.4, -0.2) is 44.0 Å². The Labute approximate surface area is 159 Å². The maximum Gasteiger partial charge on any atom is 0.0967 e. The molecule has 0 spiro atoms. The van der Waals surface area contributed by atoms with Gasteiger partial charge >= 0.3 is 0 Å². The second kappa shape index (κ2) is 8.40. The Morgan fingerprint density at radius 3 is 2.65 bits per heavy atom. The van der Waals surface area contributed by atoms with Crippen LogP contribution >= 0.6 is 12.4 Å². The largest absolute Gasteiger partial charge is 0.326 e. The van der Waals surface area contributed by atoms with Gasteiger partial charge in [-0.2, -0.15) is 0 Å². The van der Waals surface area contributed by atoms with Crippen LogP contribution in [0.25, 0.3) is 0 Å². The van der Waals surface area contributed by atoms with Crippen molar-refractivity contribution < 1.29 is 0 Å². The summed E-state index contributed by atoms with van der Waals surface area (Å²) in [5, 5.41) is 8.54. The Balaban J connectivity index is 0.00000196. The summed E-state index contributed by atoms with van der Waals surface area (Å²) in [6.45, 7) is 3.31. The lowest BCUT2D eigenvalue weighted by Gasteiger charge is -2.14. The number of hydrogen-bond acceptors (Lipinski definition) is 5. The summed E-state index contributed by atoms with van der Waals surface area (Å²) in [6, 6.07) is 14.7. The summed E-state index contributed by atoms with van der Waals surface area (Å²) in [5.41, 5.74) is 9.78. The van der Waals surface area contributed by atoms with E-state index < -0.39 is 0 Å². The lowest BCUT2D eigenvalue weighted by atomic mass is 9.95. The fourth-order valence-corrected chi connectivity index (χ4v) is 3.49. The first kappa shape index (κ1) is 18.5. The minimum atomic E-state index is 0. The van der Waals surface area contributed by atoms with Crippen molar-refractivity contribution in [2.45, 2.75) is 25.0 Å². The van der Waals surface area contributed by atoms with Gasteiger partial charge < -0.3 is 5.73 Å². The van der Waals surface area contributed by atoms with E-state index in [1.807, 2.05) is 35.3 Å². The SMILES string of the molecule is Cl.N[C@@H]1CN(Cc2cn(Cc3cccnc3)nn2)C[C@H]1c1ccccc1. The topological polar surface area (TPSA) is 72.9 Å². The molecular formula is C19H23ClN6. The van der Waals surface area contributed by atoms with E-state index in [-0.39, 0.29) is 18.4 Å². The maximum absolute atomic E-state index is 6.37. The van der Waals surface area contributed by atoms with Crippen LogP contribution in [0.15, 0.2) is 61.1 Å². The highest BCUT2D eigenvalue weighted by atomic mass is 35.5. The highest BCUT2D eigenvalue weighted by molar-refractivity contribution is 5.85. The number of pyridine rings is 1. The molecule has 4 rings (SSSR count). The van der Waals surface area contributed by atoms with Crippen LogP contribution in [0, 0.1) is 0 Å². The van der Waals surface area contributed by atoms with Crippen molar-refractivity contribution in [3.05, 3.63) is 77.9 Å². The first-order chi connectivity index (χ1) is 12.3. The molecule has 2 atom stereocenters. The van der Waals surface area contributed by atoms with Gasteiger partial charge in [0.15, 0.2) is 0 Å². The summed E-state index contributed by atoms with van der Waals surface area (Å²) in [5.74, 6) is 0.381. The Kier molecular flexibility index (Phi) is 5.98. The van der Waals surface area contributed by atoms with Crippen LogP contribution in [0.4, 0.5) is 0 Å². The molecule has 0 amide bonds. The molecule has 1 aliphatic heterocycles. The van der Waals surface area contributed by atoms with E-state index in [1.54, 1.807) is 6.20 Å². The van der Waals surface area contributed by atoms with Crippen molar-refractivity contribution in [2.75, 3.05) is 13.1 Å². The minimum Gasteiger partial charge on any atom is -0.326 e. The number of aromatic nitrogens is 4. The van der Waals surface area contributed by atoms with Crippen molar-refractivity contribution >= 4 is 12.4 Å². The fraction of sp³-hybridized carbons (Fsp3) is 0.316. The summed E-state index contributed by atoms with van der Waals surface area (Å²) >= 11 is 0. The average Bonchev–Trinajstić information content (AvgIpc) is 3.23. The minimum absolute atomic E-state index is 0. The molecule has 0 unspecified atom stereocenters. The van der Waals surface area contributed by atoms with Crippen LogP contribution in [0.3, 0.4) is 0 Å². The molecule has 1 saturated heterocycles. The summed E-state index contributed by atoms with van der Waals surface area (Å²) in [6.07, 6.45) is 5.63. The highest BCUT2D eigenvalue weighted by Gasteiger charge is 2.31. The zero-order valence-corrected chi connectivity index (χ0v) is 15.3. The van der Waals surface area contributed by atoms with Crippen molar-refractivity contribution in [3.63, 3.8) is 0 Å². The zero-order chi connectivity index (χ0) is 17.1. The van der Waals surface area contributed by atoms with E-state index in [9.17, 15) is 0 Å². The first-order valence-electron chi connectivity index (χ1n) is 8.59. The molecule has 7 heteroatoms. The van der Waals surface area contributed by atoms with Gasteiger partial charge in [-0.25, -0.2) is 4.68 Å². The van der Waals surface area contributed by atoms with Crippen LogP contribution in [-0.2, 0) is 13.1 Å². The standard InChI is InChI=1S/C19H22N6.ClH/c20-19-14-24(13-18(19)16-6-2-1-3-7-16)11-17-12-25(23-22-17)10-15-5-4-8-21-9-15;/h1-9,12,18-19H,10-11,13-14,20H2;1H/t18-,19+;/m0./s1. The molecule has 1 aliphatic rings. The lowest BCUT2D eigenvalue weighted by molar-refractivity contribution is 0.319. The van der Waals surface area contributed by atoms with Gasteiger partial charge in [-0.05, 0) is 17.2 Å². The van der Waals surface area contributed by atoms with Crippen LogP contribution < -0.4 is 5.73 Å². The molecule has 1 aromatic carbocycles. The normalized spacial score (nSPS) is 20.0. The second-order valence-electron chi connectivity index (χ2n) is 6.64. The van der Waals surface area contributed by atoms with Gasteiger partial charge in [0.2, 0.25) is 0 Å². The lowest BCUT2D eigenvalue weighted by Crippen LogP contribution is -2.28.